The van der Waals surface area contributed by atoms with Crippen molar-refractivity contribution in [2.75, 3.05) is 10.8 Å². The number of nitrogens with one attached hydrogen (secondary N) is 3. The number of aryl methyl sites for hydroxylation is 1. The Morgan fingerprint density at radius 2 is 2.00 bits per heavy atom. The van der Waals surface area contributed by atoms with Gasteiger partial charge in [0.15, 0.2) is 5.82 Å². The first kappa shape index (κ1) is 18.9. The van der Waals surface area contributed by atoms with Crippen molar-refractivity contribution < 1.29 is 5.21 Å². The predicted molar refractivity (Wildman–Crippen MR) is 119 cm³/mol. The van der Waals surface area contributed by atoms with Crippen LogP contribution < -0.4 is 16.5 Å². The normalized spacial score (nSPS) is 12.1. The van der Waals surface area contributed by atoms with Gasteiger partial charge >= 0.3 is 5.69 Å². The van der Waals surface area contributed by atoms with Crippen LogP contribution in [0.2, 0.25) is 0 Å². The van der Waals surface area contributed by atoms with E-state index in [2.05, 4.69) is 31.8 Å². The predicted octanol–water partition coefficient (Wildman–Crippen LogP) is 3.33. The van der Waals surface area contributed by atoms with Gasteiger partial charge in [-0.25, -0.2) is 14.8 Å². The number of rotatable bonds is 5. The first-order valence-corrected chi connectivity index (χ1v) is 9.85. The van der Waals surface area contributed by atoms with Gasteiger partial charge in [-0.1, -0.05) is 48.0 Å². The summed E-state index contributed by atoms with van der Waals surface area (Å²) in [5.41, 5.74) is 6.84. The van der Waals surface area contributed by atoms with Crippen LogP contribution in [0.25, 0.3) is 11.4 Å². The maximum atomic E-state index is 12.8. The standard InChI is InChI=1S/C22H21N7O2/c1-14-5-4-6-15(9-14)10-29-21-19(26-22(29)30)18-20(23-12-24-21)28(13-25-18)11-16-7-2-3-8-17(16)27-31/h2-9,12-13,27,31H,10-11H2,1H3,(H,23,24)(H,26,30). The maximum Gasteiger partial charge on any atom is 0.327 e. The van der Waals surface area contributed by atoms with Gasteiger partial charge in [0, 0.05) is 0 Å². The maximum absolute atomic E-state index is 12.8. The van der Waals surface area contributed by atoms with Crippen molar-refractivity contribution in [1.82, 2.24) is 19.1 Å². The van der Waals surface area contributed by atoms with Crippen LogP contribution >= 0.6 is 0 Å². The van der Waals surface area contributed by atoms with E-state index in [4.69, 9.17) is 0 Å². The van der Waals surface area contributed by atoms with E-state index in [1.54, 1.807) is 23.3 Å². The summed E-state index contributed by atoms with van der Waals surface area (Å²) < 4.78 is 3.52. The van der Waals surface area contributed by atoms with Crippen molar-refractivity contribution >= 4 is 23.7 Å². The molecule has 0 radical (unpaired) electrons. The number of anilines is 2. The number of aromatic amines is 1. The Labute approximate surface area is 177 Å². The minimum absolute atomic E-state index is 0.218. The number of hydrogen-bond acceptors (Lipinski definition) is 6. The van der Waals surface area contributed by atoms with Gasteiger partial charge in [0.2, 0.25) is 0 Å². The van der Waals surface area contributed by atoms with Gasteiger partial charge in [0.25, 0.3) is 0 Å². The summed E-state index contributed by atoms with van der Waals surface area (Å²) in [6.07, 6.45) is 3.25. The summed E-state index contributed by atoms with van der Waals surface area (Å²) >= 11 is 0. The molecular formula is C22H21N7O2. The smallest absolute Gasteiger partial charge is 0.327 e. The molecule has 1 aliphatic rings. The number of H-pyrrole nitrogens is 1. The molecule has 0 fully saturated rings. The molecule has 5 rings (SSSR count). The van der Waals surface area contributed by atoms with Gasteiger partial charge in [0.05, 0.1) is 31.4 Å². The zero-order valence-corrected chi connectivity index (χ0v) is 16.8. The fraction of sp³-hybridized carbons (Fsp3) is 0.136. The molecule has 0 saturated carbocycles. The van der Waals surface area contributed by atoms with Crippen molar-refractivity contribution in [2.45, 2.75) is 20.0 Å². The molecule has 0 atom stereocenters. The van der Waals surface area contributed by atoms with Crippen molar-refractivity contribution in [3.8, 4) is 11.4 Å². The zero-order chi connectivity index (χ0) is 21.4. The van der Waals surface area contributed by atoms with E-state index in [-0.39, 0.29) is 5.69 Å². The quantitative estimate of drug-likeness (QED) is 0.374. The summed E-state index contributed by atoms with van der Waals surface area (Å²) in [5.74, 6) is 1.24. The molecule has 0 saturated heterocycles. The van der Waals surface area contributed by atoms with Crippen LogP contribution in [0.15, 0.2) is 64.6 Å². The summed E-state index contributed by atoms with van der Waals surface area (Å²) in [5, 5.41) is 12.5. The third kappa shape index (κ3) is 3.40. The summed E-state index contributed by atoms with van der Waals surface area (Å²) in [7, 11) is 0. The van der Waals surface area contributed by atoms with E-state index in [1.165, 1.54) is 0 Å². The molecule has 0 aliphatic carbocycles. The number of para-hydroxylation sites is 1. The lowest BCUT2D eigenvalue weighted by molar-refractivity contribution is 0.388. The van der Waals surface area contributed by atoms with Crippen molar-refractivity contribution in [3.63, 3.8) is 0 Å². The Morgan fingerprint density at radius 3 is 2.84 bits per heavy atom. The molecule has 9 nitrogen and oxygen atoms in total. The Hall–Kier alpha value is -4.11. The van der Waals surface area contributed by atoms with Gasteiger partial charge in [-0.3, -0.25) is 15.3 Å². The van der Waals surface area contributed by atoms with Crippen LogP contribution in [-0.2, 0) is 13.1 Å². The molecule has 0 unspecified atom stereocenters. The first-order valence-electron chi connectivity index (χ1n) is 9.85. The van der Waals surface area contributed by atoms with Crippen LogP contribution in [0.5, 0.6) is 0 Å². The van der Waals surface area contributed by atoms with Gasteiger partial charge < -0.3 is 14.9 Å². The Morgan fingerprint density at radius 1 is 1.13 bits per heavy atom. The highest BCUT2D eigenvalue weighted by Gasteiger charge is 2.24. The van der Waals surface area contributed by atoms with Crippen LogP contribution in [0, 0.1) is 6.92 Å². The third-order valence-corrected chi connectivity index (χ3v) is 5.32. The molecule has 4 N–H and O–H groups in total. The molecule has 0 amide bonds. The third-order valence-electron chi connectivity index (χ3n) is 5.32. The van der Waals surface area contributed by atoms with E-state index >= 15 is 0 Å². The molecule has 1 aliphatic heterocycles. The number of nitrogens with zero attached hydrogens (tertiary/aromatic N) is 4. The SMILES string of the molecule is Cc1cccc(Cn2c3c([nH]c2=O)-c2ncn(Cc4ccccc4NO)c2N=CN3)c1. The molecule has 4 aromatic rings. The monoisotopic (exact) mass is 415 g/mol. The lowest BCUT2D eigenvalue weighted by Crippen LogP contribution is -2.19. The van der Waals surface area contributed by atoms with E-state index < -0.39 is 0 Å². The molecule has 0 spiro atoms. The van der Waals surface area contributed by atoms with Crippen molar-refractivity contribution in [2.24, 2.45) is 4.99 Å². The van der Waals surface area contributed by atoms with Gasteiger partial charge in [-0.2, -0.15) is 0 Å². The highest BCUT2D eigenvalue weighted by molar-refractivity contribution is 5.90. The fourth-order valence-electron chi connectivity index (χ4n) is 3.84. The molecule has 31 heavy (non-hydrogen) atoms. The number of imidazole rings is 2. The van der Waals surface area contributed by atoms with E-state index in [0.717, 1.165) is 16.7 Å². The van der Waals surface area contributed by atoms with Gasteiger partial charge in [0.1, 0.15) is 17.2 Å². The Bertz CT molecular complexity index is 1350. The second-order valence-corrected chi connectivity index (χ2v) is 7.45. The van der Waals surface area contributed by atoms with Crippen LogP contribution in [0.4, 0.5) is 17.3 Å². The number of benzene rings is 2. The molecule has 3 heterocycles. The molecular weight excluding hydrogens is 394 g/mol. The largest absolute Gasteiger partial charge is 0.330 e. The Kier molecular flexibility index (Phi) is 4.64. The van der Waals surface area contributed by atoms with Crippen molar-refractivity contribution in [3.05, 3.63) is 82.0 Å². The highest BCUT2D eigenvalue weighted by atomic mass is 16.5. The topological polar surface area (TPSA) is 112 Å². The van der Waals surface area contributed by atoms with E-state index in [1.807, 2.05) is 47.9 Å². The highest BCUT2D eigenvalue weighted by Crippen LogP contribution is 2.35. The van der Waals surface area contributed by atoms with E-state index in [9.17, 15) is 10.0 Å². The molecule has 156 valence electrons. The summed E-state index contributed by atoms with van der Waals surface area (Å²) in [4.78, 5) is 24.7. The average molecular weight is 415 g/mol. The summed E-state index contributed by atoms with van der Waals surface area (Å²) in [6, 6.07) is 15.5. The second kappa shape index (κ2) is 7.62. The lowest BCUT2D eigenvalue weighted by atomic mass is 10.1. The van der Waals surface area contributed by atoms with Gasteiger partial charge in [-0.15, -0.1) is 0 Å². The fourth-order valence-corrected chi connectivity index (χ4v) is 3.84. The van der Waals surface area contributed by atoms with Crippen LogP contribution in [-0.4, -0.2) is 30.6 Å². The Balaban J connectivity index is 1.54. The average Bonchev–Trinajstić information content (AvgIpc) is 3.23. The minimum atomic E-state index is -0.218. The zero-order valence-electron chi connectivity index (χ0n) is 16.8. The second-order valence-electron chi connectivity index (χ2n) is 7.45. The molecule has 2 aromatic heterocycles. The number of hydrogen-bond donors (Lipinski definition) is 4. The first-order chi connectivity index (χ1) is 15.1. The van der Waals surface area contributed by atoms with Crippen LogP contribution in [0.1, 0.15) is 16.7 Å². The van der Waals surface area contributed by atoms with Crippen molar-refractivity contribution in [1.29, 1.82) is 0 Å². The van der Waals surface area contributed by atoms with Crippen LogP contribution in [0.3, 0.4) is 0 Å². The molecule has 0 bridgehead atoms. The summed E-state index contributed by atoms with van der Waals surface area (Å²) in [6.45, 7) is 2.91. The minimum Gasteiger partial charge on any atom is -0.330 e. The van der Waals surface area contributed by atoms with E-state index in [0.29, 0.717) is 41.8 Å². The lowest BCUT2D eigenvalue weighted by Gasteiger charge is -2.09. The number of aromatic nitrogens is 4. The number of fused-ring (bicyclic) bond motifs is 3. The van der Waals surface area contributed by atoms with Gasteiger partial charge in [-0.05, 0) is 24.1 Å². The number of aliphatic imine (C=N–C) groups is 1. The molecule has 2 aromatic carbocycles. The molecule has 9 heteroatoms.